The quantitative estimate of drug-likeness (QED) is 0.371. The zero-order valence-corrected chi connectivity index (χ0v) is 17.7. The SMILES string of the molecule is CCOC(=O)CCC(CC(C)N(CC)C(C)C)SSc1ccccn1. The molecule has 0 aliphatic rings. The summed E-state index contributed by atoms with van der Waals surface area (Å²) in [5.41, 5.74) is 0. The minimum absolute atomic E-state index is 0.0974. The molecule has 4 nitrogen and oxygen atoms in total. The van der Waals surface area contributed by atoms with Gasteiger partial charge in [-0.25, -0.2) is 4.98 Å². The highest BCUT2D eigenvalue weighted by atomic mass is 33.1. The second-order valence-electron chi connectivity index (χ2n) is 6.32. The topological polar surface area (TPSA) is 42.4 Å². The van der Waals surface area contributed by atoms with Gasteiger partial charge in [-0.1, -0.05) is 23.8 Å². The van der Waals surface area contributed by atoms with Gasteiger partial charge >= 0.3 is 5.97 Å². The first-order valence-corrected chi connectivity index (χ1v) is 11.3. The van der Waals surface area contributed by atoms with Crippen molar-refractivity contribution in [2.24, 2.45) is 0 Å². The van der Waals surface area contributed by atoms with E-state index in [1.807, 2.05) is 42.1 Å². The van der Waals surface area contributed by atoms with Crippen molar-refractivity contribution < 1.29 is 9.53 Å². The molecular formula is C19H32N2O2S2. The van der Waals surface area contributed by atoms with E-state index in [0.29, 0.717) is 30.4 Å². The number of ether oxygens (including phenoxy) is 1. The Morgan fingerprint density at radius 1 is 1.28 bits per heavy atom. The van der Waals surface area contributed by atoms with E-state index < -0.39 is 0 Å². The third kappa shape index (κ3) is 8.97. The van der Waals surface area contributed by atoms with E-state index in [1.54, 1.807) is 10.8 Å². The van der Waals surface area contributed by atoms with Gasteiger partial charge in [-0.3, -0.25) is 9.69 Å². The smallest absolute Gasteiger partial charge is 0.305 e. The fraction of sp³-hybridized carbons (Fsp3) is 0.684. The molecule has 2 atom stereocenters. The van der Waals surface area contributed by atoms with Crippen LogP contribution in [0.1, 0.15) is 53.9 Å². The number of hydrogen-bond donors (Lipinski definition) is 0. The fourth-order valence-electron chi connectivity index (χ4n) is 2.93. The van der Waals surface area contributed by atoms with Crippen LogP contribution in [0, 0.1) is 0 Å². The van der Waals surface area contributed by atoms with E-state index in [4.69, 9.17) is 4.74 Å². The number of aromatic nitrogens is 1. The molecule has 0 amide bonds. The molecule has 1 aromatic rings. The number of nitrogens with zero attached hydrogens (tertiary/aromatic N) is 2. The predicted octanol–water partition coefficient (Wildman–Crippen LogP) is 5.04. The first-order valence-electron chi connectivity index (χ1n) is 9.13. The molecule has 0 aromatic carbocycles. The number of rotatable bonds is 12. The molecule has 25 heavy (non-hydrogen) atoms. The van der Waals surface area contributed by atoms with Crippen LogP contribution in [0.15, 0.2) is 29.4 Å². The number of pyridine rings is 1. The normalized spacial score (nSPS) is 13.9. The van der Waals surface area contributed by atoms with Gasteiger partial charge in [0.25, 0.3) is 0 Å². The third-order valence-electron chi connectivity index (χ3n) is 4.08. The van der Waals surface area contributed by atoms with Crippen molar-refractivity contribution in [1.82, 2.24) is 9.88 Å². The van der Waals surface area contributed by atoms with E-state index in [2.05, 4.69) is 37.6 Å². The van der Waals surface area contributed by atoms with Crippen LogP contribution < -0.4 is 0 Å². The Hall–Kier alpha value is -0.720. The van der Waals surface area contributed by atoms with Gasteiger partial charge in [-0.05, 0) is 70.0 Å². The van der Waals surface area contributed by atoms with Crippen LogP contribution in [0.2, 0.25) is 0 Å². The van der Waals surface area contributed by atoms with Crippen molar-refractivity contribution in [1.29, 1.82) is 0 Å². The summed E-state index contributed by atoms with van der Waals surface area (Å²) in [6.07, 6.45) is 4.19. The molecule has 0 N–H and O–H groups in total. The van der Waals surface area contributed by atoms with Crippen LogP contribution in [0.25, 0.3) is 0 Å². The maximum absolute atomic E-state index is 11.7. The van der Waals surface area contributed by atoms with Gasteiger partial charge in [0.15, 0.2) is 0 Å². The Balaban J connectivity index is 2.64. The number of carbonyl (C=O) groups is 1. The molecule has 0 saturated heterocycles. The predicted molar refractivity (Wildman–Crippen MR) is 109 cm³/mol. The van der Waals surface area contributed by atoms with Crippen molar-refractivity contribution in [2.45, 2.75) is 76.2 Å². The third-order valence-corrected chi connectivity index (χ3v) is 6.91. The van der Waals surface area contributed by atoms with Crippen LogP contribution in [0.3, 0.4) is 0 Å². The number of hydrogen-bond acceptors (Lipinski definition) is 6. The summed E-state index contributed by atoms with van der Waals surface area (Å²) < 4.78 is 5.09. The molecule has 0 fully saturated rings. The molecule has 1 rings (SSSR count). The number of carbonyl (C=O) groups excluding carboxylic acids is 1. The average molecular weight is 385 g/mol. The lowest BCUT2D eigenvalue weighted by Crippen LogP contribution is -2.40. The fourth-order valence-corrected chi connectivity index (χ4v) is 5.50. The van der Waals surface area contributed by atoms with Gasteiger partial charge < -0.3 is 4.74 Å². The highest BCUT2D eigenvalue weighted by molar-refractivity contribution is 8.76. The van der Waals surface area contributed by atoms with Gasteiger partial charge in [-0.15, -0.1) is 0 Å². The molecule has 0 aliphatic heterocycles. The first kappa shape index (κ1) is 22.3. The largest absolute Gasteiger partial charge is 0.466 e. The molecule has 0 radical (unpaired) electrons. The zero-order chi connectivity index (χ0) is 18.7. The summed E-state index contributed by atoms with van der Waals surface area (Å²) in [5, 5.41) is 1.40. The molecule has 142 valence electrons. The summed E-state index contributed by atoms with van der Waals surface area (Å²) in [6.45, 7) is 12.3. The molecular weight excluding hydrogens is 352 g/mol. The van der Waals surface area contributed by atoms with Crippen LogP contribution >= 0.6 is 21.6 Å². The zero-order valence-electron chi connectivity index (χ0n) is 16.1. The highest BCUT2D eigenvalue weighted by Gasteiger charge is 2.22. The Kier molecular flexibility index (Phi) is 11.3. The molecule has 0 spiro atoms. The van der Waals surface area contributed by atoms with Crippen LogP contribution in [-0.2, 0) is 9.53 Å². The van der Waals surface area contributed by atoms with Gasteiger partial charge in [0.2, 0.25) is 0 Å². The van der Waals surface area contributed by atoms with E-state index in [1.165, 1.54) is 0 Å². The summed E-state index contributed by atoms with van der Waals surface area (Å²) in [6, 6.07) is 6.96. The van der Waals surface area contributed by atoms with Crippen molar-refractivity contribution in [2.75, 3.05) is 13.2 Å². The summed E-state index contributed by atoms with van der Waals surface area (Å²) >= 11 is 0. The van der Waals surface area contributed by atoms with Crippen molar-refractivity contribution in [3.05, 3.63) is 24.4 Å². The Morgan fingerprint density at radius 2 is 2.04 bits per heavy atom. The van der Waals surface area contributed by atoms with E-state index in [0.717, 1.165) is 24.4 Å². The van der Waals surface area contributed by atoms with E-state index in [9.17, 15) is 4.79 Å². The monoisotopic (exact) mass is 384 g/mol. The minimum Gasteiger partial charge on any atom is -0.466 e. The summed E-state index contributed by atoms with van der Waals surface area (Å²) in [7, 11) is 3.52. The lowest BCUT2D eigenvalue weighted by atomic mass is 10.1. The van der Waals surface area contributed by atoms with Crippen LogP contribution in [-0.4, -0.2) is 46.3 Å². The summed E-state index contributed by atoms with van der Waals surface area (Å²) in [5.74, 6) is -0.0974. The molecule has 0 bridgehead atoms. The van der Waals surface area contributed by atoms with Gasteiger partial charge in [0, 0.05) is 30.0 Å². The molecule has 1 heterocycles. The minimum atomic E-state index is -0.0974. The average Bonchev–Trinajstić information content (AvgIpc) is 2.58. The van der Waals surface area contributed by atoms with E-state index >= 15 is 0 Å². The molecule has 0 aliphatic carbocycles. The maximum atomic E-state index is 11.7. The Labute approximate surface area is 160 Å². The number of esters is 1. The second kappa shape index (κ2) is 12.6. The summed E-state index contributed by atoms with van der Waals surface area (Å²) in [4.78, 5) is 18.6. The molecule has 1 aromatic heterocycles. The molecule has 2 unspecified atom stereocenters. The maximum Gasteiger partial charge on any atom is 0.305 e. The van der Waals surface area contributed by atoms with Gasteiger partial charge in [0.1, 0.15) is 5.03 Å². The Morgan fingerprint density at radius 3 is 2.60 bits per heavy atom. The Bertz CT molecular complexity index is 486. The van der Waals surface area contributed by atoms with Gasteiger partial charge in [-0.2, -0.15) is 0 Å². The van der Waals surface area contributed by atoms with Gasteiger partial charge in [0.05, 0.1) is 6.61 Å². The molecule has 0 saturated carbocycles. The standard InChI is InChI=1S/C19H32N2O2S2/c1-6-21(15(3)4)16(5)14-17(11-12-19(22)23-7-2)24-25-18-10-8-9-13-20-18/h8-10,13,15-17H,6-7,11-12,14H2,1-5H3. The highest BCUT2D eigenvalue weighted by Crippen LogP contribution is 2.37. The molecule has 6 heteroatoms. The van der Waals surface area contributed by atoms with Crippen molar-refractivity contribution in [3.8, 4) is 0 Å². The van der Waals surface area contributed by atoms with Crippen molar-refractivity contribution >= 4 is 27.6 Å². The van der Waals surface area contributed by atoms with E-state index in [-0.39, 0.29) is 5.97 Å². The van der Waals surface area contributed by atoms with Crippen LogP contribution in [0.4, 0.5) is 0 Å². The lowest BCUT2D eigenvalue weighted by molar-refractivity contribution is -0.143. The first-order chi connectivity index (χ1) is 12.0. The van der Waals surface area contributed by atoms with Crippen molar-refractivity contribution in [3.63, 3.8) is 0 Å². The lowest BCUT2D eigenvalue weighted by Gasteiger charge is -2.33. The van der Waals surface area contributed by atoms with Crippen LogP contribution in [0.5, 0.6) is 0 Å². The second-order valence-corrected chi connectivity index (χ2v) is 8.84.